The summed E-state index contributed by atoms with van der Waals surface area (Å²) in [6.45, 7) is 2.89. The fourth-order valence-electron chi connectivity index (χ4n) is 4.23. The molecule has 0 amide bonds. The van der Waals surface area contributed by atoms with E-state index in [2.05, 4.69) is 16.0 Å². The molecule has 3 atom stereocenters. The average Bonchev–Trinajstić information content (AvgIpc) is 2.89. The van der Waals surface area contributed by atoms with Gasteiger partial charge in [-0.2, -0.15) is 0 Å². The molecular formula is C18H26N2O2. The van der Waals surface area contributed by atoms with Gasteiger partial charge >= 0.3 is 5.97 Å². The van der Waals surface area contributed by atoms with Gasteiger partial charge in [0.25, 0.3) is 0 Å². The Kier molecular flexibility index (Phi) is 4.77. The average molecular weight is 302 g/mol. The standard InChI is InChI=1S/C18H26N2O2/c1-13-8-9-14(12-19-13)5-4-10-20-16-7-3-2-6-15(16)11-17(20)18(21)22/h8-9,12,15-17H,2-7,10-11H2,1H3,(H,21,22). The summed E-state index contributed by atoms with van der Waals surface area (Å²) >= 11 is 0. The fraction of sp³-hybridized carbons (Fsp3) is 0.667. The highest BCUT2D eigenvalue weighted by molar-refractivity contribution is 5.74. The maximum atomic E-state index is 11.6. The second-order valence-corrected chi connectivity index (χ2v) is 6.85. The Bertz CT molecular complexity index is 514. The Hall–Kier alpha value is -1.42. The van der Waals surface area contributed by atoms with Gasteiger partial charge in [0.05, 0.1) is 0 Å². The van der Waals surface area contributed by atoms with E-state index in [9.17, 15) is 9.90 Å². The quantitative estimate of drug-likeness (QED) is 0.908. The summed E-state index contributed by atoms with van der Waals surface area (Å²) in [5, 5.41) is 9.53. The van der Waals surface area contributed by atoms with E-state index in [0.29, 0.717) is 12.0 Å². The zero-order valence-corrected chi connectivity index (χ0v) is 13.4. The van der Waals surface area contributed by atoms with E-state index in [0.717, 1.165) is 31.5 Å². The Morgan fingerprint density at radius 3 is 2.91 bits per heavy atom. The number of aromatic nitrogens is 1. The number of likely N-dealkylation sites (tertiary alicyclic amines) is 1. The normalized spacial score (nSPS) is 28.5. The molecule has 3 unspecified atom stereocenters. The first-order chi connectivity index (χ1) is 10.6. The Balaban J connectivity index is 1.59. The Morgan fingerprint density at radius 1 is 1.36 bits per heavy atom. The molecule has 22 heavy (non-hydrogen) atoms. The number of hydrogen-bond acceptors (Lipinski definition) is 3. The third-order valence-electron chi connectivity index (χ3n) is 5.36. The van der Waals surface area contributed by atoms with Gasteiger partial charge in [-0.25, -0.2) is 0 Å². The monoisotopic (exact) mass is 302 g/mol. The number of pyridine rings is 1. The topological polar surface area (TPSA) is 53.4 Å². The van der Waals surface area contributed by atoms with Crippen LogP contribution in [0.2, 0.25) is 0 Å². The number of carboxylic acids is 1. The molecule has 1 N–H and O–H groups in total. The second kappa shape index (κ2) is 6.78. The van der Waals surface area contributed by atoms with Gasteiger partial charge in [0.1, 0.15) is 6.04 Å². The Morgan fingerprint density at radius 2 is 2.18 bits per heavy atom. The number of hydrogen-bond donors (Lipinski definition) is 1. The summed E-state index contributed by atoms with van der Waals surface area (Å²) in [5.41, 5.74) is 2.29. The molecule has 0 aromatic carbocycles. The summed E-state index contributed by atoms with van der Waals surface area (Å²) in [6, 6.07) is 4.42. The molecule has 120 valence electrons. The van der Waals surface area contributed by atoms with Crippen molar-refractivity contribution in [1.29, 1.82) is 0 Å². The number of fused-ring (bicyclic) bond motifs is 1. The molecule has 2 heterocycles. The molecule has 2 aliphatic rings. The van der Waals surface area contributed by atoms with Crippen LogP contribution < -0.4 is 0 Å². The van der Waals surface area contributed by atoms with Crippen molar-refractivity contribution in [1.82, 2.24) is 9.88 Å². The second-order valence-electron chi connectivity index (χ2n) is 6.85. The van der Waals surface area contributed by atoms with Gasteiger partial charge in [0.2, 0.25) is 0 Å². The van der Waals surface area contributed by atoms with E-state index >= 15 is 0 Å². The van der Waals surface area contributed by atoms with Crippen LogP contribution in [0.3, 0.4) is 0 Å². The van der Waals surface area contributed by atoms with Gasteiger partial charge in [-0.15, -0.1) is 0 Å². The van der Waals surface area contributed by atoms with Crippen LogP contribution in [0.25, 0.3) is 0 Å². The molecule has 4 nitrogen and oxygen atoms in total. The van der Waals surface area contributed by atoms with Crippen LogP contribution in [-0.2, 0) is 11.2 Å². The predicted molar refractivity (Wildman–Crippen MR) is 85.8 cm³/mol. The molecule has 0 bridgehead atoms. The molecule has 1 aromatic heterocycles. The van der Waals surface area contributed by atoms with Crippen LogP contribution in [0.15, 0.2) is 18.3 Å². The van der Waals surface area contributed by atoms with E-state index in [-0.39, 0.29) is 6.04 Å². The largest absolute Gasteiger partial charge is 0.480 e. The maximum Gasteiger partial charge on any atom is 0.320 e. The number of carboxylic acid groups (broad SMARTS) is 1. The van der Waals surface area contributed by atoms with Crippen molar-refractivity contribution >= 4 is 5.97 Å². The molecule has 1 saturated carbocycles. The molecule has 1 aliphatic carbocycles. The van der Waals surface area contributed by atoms with Crippen LogP contribution in [0.5, 0.6) is 0 Å². The number of rotatable bonds is 5. The first-order valence-electron chi connectivity index (χ1n) is 8.55. The van der Waals surface area contributed by atoms with E-state index in [1.165, 1.54) is 31.2 Å². The molecule has 1 aromatic rings. The lowest BCUT2D eigenvalue weighted by molar-refractivity contribution is -0.142. The lowest BCUT2D eigenvalue weighted by atomic mass is 9.84. The molecule has 2 fully saturated rings. The van der Waals surface area contributed by atoms with Crippen LogP contribution >= 0.6 is 0 Å². The van der Waals surface area contributed by atoms with Gasteiger partial charge in [0.15, 0.2) is 0 Å². The first kappa shape index (κ1) is 15.5. The number of aliphatic carboxylic acids is 1. The van der Waals surface area contributed by atoms with Crippen molar-refractivity contribution in [2.75, 3.05) is 6.54 Å². The third-order valence-corrected chi connectivity index (χ3v) is 5.36. The number of aryl methyl sites for hydroxylation is 2. The molecule has 0 spiro atoms. The minimum absolute atomic E-state index is 0.260. The van der Waals surface area contributed by atoms with Gasteiger partial charge in [-0.05, 0) is 63.1 Å². The summed E-state index contributed by atoms with van der Waals surface area (Å²) in [5.74, 6) is -0.0257. The van der Waals surface area contributed by atoms with Crippen molar-refractivity contribution in [2.24, 2.45) is 5.92 Å². The third kappa shape index (κ3) is 3.32. The first-order valence-corrected chi connectivity index (χ1v) is 8.55. The lowest BCUT2D eigenvalue weighted by Gasteiger charge is -2.33. The lowest BCUT2D eigenvalue weighted by Crippen LogP contribution is -2.42. The van der Waals surface area contributed by atoms with Crippen LogP contribution in [0.4, 0.5) is 0 Å². The molecule has 1 aliphatic heterocycles. The van der Waals surface area contributed by atoms with Gasteiger partial charge in [-0.1, -0.05) is 18.9 Å². The smallest absolute Gasteiger partial charge is 0.320 e. The predicted octanol–water partition coefficient (Wildman–Crippen LogP) is 3.04. The summed E-state index contributed by atoms with van der Waals surface area (Å²) < 4.78 is 0. The molecule has 3 rings (SSSR count). The zero-order chi connectivity index (χ0) is 15.5. The fourth-order valence-corrected chi connectivity index (χ4v) is 4.23. The van der Waals surface area contributed by atoms with Crippen molar-refractivity contribution in [2.45, 2.75) is 64.0 Å². The molecule has 0 radical (unpaired) electrons. The minimum atomic E-state index is -0.633. The van der Waals surface area contributed by atoms with E-state index in [1.54, 1.807) is 0 Å². The van der Waals surface area contributed by atoms with Gasteiger partial charge in [0, 0.05) is 17.9 Å². The highest BCUT2D eigenvalue weighted by Crippen LogP contribution is 2.39. The minimum Gasteiger partial charge on any atom is -0.480 e. The highest BCUT2D eigenvalue weighted by atomic mass is 16.4. The maximum absolute atomic E-state index is 11.6. The molecular weight excluding hydrogens is 276 g/mol. The van der Waals surface area contributed by atoms with Gasteiger partial charge in [-0.3, -0.25) is 14.7 Å². The number of carbonyl (C=O) groups is 1. The van der Waals surface area contributed by atoms with Crippen LogP contribution in [0, 0.1) is 12.8 Å². The Labute approximate surface area is 132 Å². The molecule has 1 saturated heterocycles. The van der Waals surface area contributed by atoms with Crippen LogP contribution in [-0.4, -0.2) is 39.6 Å². The summed E-state index contributed by atoms with van der Waals surface area (Å²) in [7, 11) is 0. The van der Waals surface area contributed by atoms with E-state index < -0.39 is 5.97 Å². The van der Waals surface area contributed by atoms with Crippen molar-refractivity contribution in [3.8, 4) is 0 Å². The van der Waals surface area contributed by atoms with Crippen molar-refractivity contribution in [3.63, 3.8) is 0 Å². The zero-order valence-electron chi connectivity index (χ0n) is 13.4. The number of nitrogens with zero attached hydrogens (tertiary/aromatic N) is 2. The van der Waals surface area contributed by atoms with E-state index in [1.807, 2.05) is 19.2 Å². The van der Waals surface area contributed by atoms with E-state index in [4.69, 9.17) is 0 Å². The summed E-state index contributed by atoms with van der Waals surface area (Å²) in [4.78, 5) is 18.2. The summed E-state index contributed by atoms with van der Waals surface area (Å²) in [6.07, 6.45) is 9.71. The van der Waals surface area contributed by atoms with Crippen LogP contribution in [0.1, 0.15) is 49.8 Å². The molecule has 4 heteroatoms. The van der Waals surface area contributed by atoms with Gasteiger partial charge < -0.3 is 5.11 Å². The highest BCUT2D eigenvalue weighted by Gasteiger charge is 2.44. The van der Waals surface area contributed by atoms with Crippen molar-refractivity contribution in [3.05, 3.63) is 29.6 Å². The van der Waals surface area contributed by atoms with Crippen molar-refractivity contribution < 1.29 is 9.90 Å². The SMILES string of the molecule is Cc1ccc(CCCN2C(C(=O)O)CC3CCCCC32)cn1.